The maximum Gasteiger partial charge on any atom is 0.0439 e. The molecule has 0 N–H and O–H groups in total. The highest BCUT2D eigenvalue weighted by Crippen LogP contribution is 1.83. The van der Waals surface area contributed by atoms with E-state index < -0.39 is 5.97 Å². The van der Waals surface area contributed by atoms with E-state index >= 15 is 0 Å². The minimum atomic E-state index is -0.991. The van der Waals surface area contributed by atoms with Gasteiger partial charge in [-0.2, -0.15) is 0 Å². The molecule has 0 aliphatic heterocycles. The number of carbonyl (C=O) groups is 1. The number of carbonyl (C=O) groups excluding carboxylic acids is 1. The van der Waals surface area contributed by atoms with Crippen LogP contribution in [0.1, 0.15) is 13.8 Å². The zero-order valence-electron chi connectivity index (χ0n) is 4.89. The Bertz CT molecular complexity index is 60.7. The fourth-order valence-corrected chi connectivity index (χ4v) is 0. The molecule has 1 atom stereocenters. The smallest absolute Gasteiger partial charge is 0.0439 e. The average Bonchev–Trinajstić information content (AvgIpc) is 1.36. The van der Waals surface area contributed by atoms with Gasteiger partial charge in [0.1, 0.15) is 0 Å². The highest BCUT2D eigenvalue weighted by atomic mass is 31.0. The van der Waals surface area contributed by atoms with Crippen molar-refractivity contribution < 1.29 is 9.90 Å². The normalized spacial score (nSPS) is 7.86. The molecule has 1 unspecified atom stereocenters. The summed E-state index contributed by atoms with van der Waals surface area (Å²) in [6.45, 7) is 3.16. The van der Waals surface area contributed by atoms with Crippen LogP contribution in [0.5, 0.6) is 0 Å². The zero-order chi connectivity index (χ0) is 5.15. The number of hydrogen-bond donors (Lipinski definition) is 0. The van der Waals surface area contributed by atoms with Gasteiger partial charge in [0.05, 0.1) is 0 Å². The lowest BCUT2D eigenvalue weighted by molar-refractivity contribution is -0.310. The second-order valence-electron chi connectivity index (χ2n) is 1.47. The van der Waals surface area contributed by atoms with Gasteiger partial charge in [-0.25, -0.2) is 0 Å². The van der Waals surface area contributed by atoms with E-state index in [1.807, 2.05) is 0 Å². The van der Waals surface area contributed by atoms with Crippen LogP contribution in [-0.2, 0) is 4.79 Å². The van der Waals surface area contributed by atoms with Gasteiger partial charge in [0.15, 0.2) is 0 Å². The van der Waals surface area contributed by atoms with E-state index in [-0.39, 0.29) is 15.8 Å². The number of carboxylic acids is 1. The summed E-state index contributed by atoms with van der Waals surface area (Å²) in [4.78, 5) is 9.59. The van der Waals surface area contributed by atoms with Crippen LogP contribution >= 0.6 is 9.90 Å². The molecule has 0 aromatic carbocycles. The van der Waals surface area contributed by atoms with Crippen LogP contribution in [0.2, 0.25) is 0 Å². The van der Waals surface area contributed by atoms with Crippen LogP contribution in [0.25, 0.3) is 0 Å². The topological polar surface area (TPSA) is 40.1 Å². The van der Waals surface area contributed by atoms with Crippen molar-refractivity contribution in [3.63, 3.8) is 0 Å². The Kier molecular flexibility index (Phi) is 5.82. The molecule has 0 amide bonds. The standard InChI is InChI=1S/C4H8O2.H3P/c1-3(2)4(5)6;/h3H,1-2H3,(H,5,6);1H3. The molecule has 0 heterocycles. The number of aliphatic carboxylic acids is 1. The third kappa shape index (κ3) is 5.90. The van der Waals surface area contributed by atoms with Crippen molar-refractivity contribution in [2.45, 2.75) is 13.8 Å². The van der Waals surface area contributed by atoms with Gasteiger partial charge in [0.2, 0.25) is 0 Å². The quantitative estimate of drug-likeness (QED) is 0.426. The van der Waals surface area contributed by atoms with Crippen LogP contribution in [0, 0.1) is 5.92 Å². The molecule has 3 heteroatoms. The Hall–Kier alpha value is -0.100. The molecular formula is C4H11O2P. The molecule has 0 aliphatic rings. The predicted octanol–water partition coefficient (Wildman–Crippen LogP) is -0.817. The molecule has 7 heavy (non-hydrogen) atoms. The Labute approximate surface area is 46.5 Å². The molecular weight excluding hydrogens is 111 g/mol. The molecule has 0 radical (unpaired) electrons. The summed E-state index contributed by atoms with van der Waals surface area (Å²) in [6.07, 6.45) is 0. The lowest BCUT2D eigenvalue weighted by Gasteiger charge is -2.01. The molecule has 2 nitrogen and oxygen atoms in total. The lowest BCUT2D eigenvalue weighted by Crippen LogP contribution is -2.27. The van der Waals surface area contributed by atoms with Crippen LogP contribution in [-0.4, -0.2) is 5.97 Å². The first-order valence-electron chi connectivity index (χ1n) is 1.85. The van der Waals surface area contributed by atoms with Crippen molar-refractivity contribution in [3.8, 4) is 0 Å². The van der Waals surface area contributed by atoms with Crippen molar-refractivity contribution in [1.82, 2.24) is 0 Å². The third-order valence-electron chi connectivity index (χ3n) is 0.471. The summed E-state index contributed by atoms with van der Waals surface area (Å²) in [5, 5.41) is 9.59. The summed E-state index contributed by atoms with van der Waals surface area (Å²) < 4.78 is 0. The van der Waals surface area contributed by atoms with Gasteiger partial charge in [-0.05, 0) is 15.8 Å². The third-order valence-corrected chi connectivity index (χ3v) is 0.471. The number of rotatable bonds is 1. The summed E-state index contributed by atoms with van der Waals surface area (Å²) in [5.41, 5.74) is 0. The van der Waals surface area contributed by atoms with E-state index in [1.54, 1.807) is 13.8 Å². The fraction of sp³-hybridized carbons (Fsp3) is 0.750. The van der Waals surface area contributed by atoms with Crippen molar-refractivity contribution in [2.75, 3.05) is 0 Å². The van der Waals surface area contributed by atoms with E-state index in [4.69, 9.17) is 0 Å². The molecule has 0 aromatic rings. The van der Waals surface area contributed by atoms with Gasteiger partial charge in [-0.3, -0.25) is 0 Å². The maximum absolute atomic E-state index is 9.59. The van der Waals surface area contributed by atoms with E-state index in [9.17, 15) is 9.90 Å². The largest absolute Gasteiger partial charge is 0.550 e. The van der Waals surface area contributed by atoms with Crippen molar-refractivity contribution in [3.05, 3.63) is 0 Å². The molecule has 0 bridgehead atoms. The Morgan fingerprint density at radius 3 is 1.71 bits per heavy atom. The van der Waals surface area contributed by atoms with Gasteiger partial charge in [0.25, 0.3) is 0 Å². The van der Waals surface area contributed by atoms with Crippen LogP contribution in [0.15, 0.2) is 0 Å². The van der Waals surface area contributed by atoms with Gasteiger partial charge in [0, 0.05) is 5.97 Å². The maximum atomic E-state index is 9.59. The molecule has 0 saturated heterocycles. The van der Waals surface area contributed by atoms with Crippen molar-refractivity contribution >= 4 is 15.9 Å². The minimum Gasteiger partial charge on any atom is -0.550 e. The van der Waals surface area contributed by atoms with Crippen LogP contribution in [0.4, 0.5) is 0 Å². The molecule has 0 saturated carbocycles. The summed E-state index contributed by atoms with van der Waals surface area (Å²) in [7, 11) is 0. The van der Waals surface area contributed by atoms with Gasteiger partial charge >= 0.3 is 0 Å². The summed E-state index contributed by atoms with van der Waals surface area (Å²) in [6, 6.07) is 0. The van der Waals surface area contributed by atoms with Gasteiger partial charge < -0.3 is 9.90 Å². The Morgan fingerprint density at radius 2 is 1.71 bits per heavy atom. The summed E-state index contributed by atoms with van der Waals surface area (Å²) >= 11 is 0. The number of hydrogen-bond acceptors (Lipinski definition) is 2. The highest BCUT2D eigenvalue weighted by Gasteiger charge is 1.87. The molecule has 0 rings (SSSR count). The van der Waals surface area contributed by atoms with E-state index in [2.05, 4.69) is 0 Å². The lowest BCUT2D eigenvalue weighted by atomic mass is 10.2. The fourth-order valence-electron chi connectivity index (χ4n) is 0. The Morgan fingerprint density at radius 1 is 1.57 bits per heavy atom. The first kappa shape index (κ1) is 10.0. The zero-order valence-corrected chi connectivity index (χ0v) is 6.89. The predicted molar refractivity (Wildman–Crippen MR) is 32.3 cm³/mol. The van der Waals surface area contributed by atoms with Crippen LogP contribution in [0.3, 0.4) is 0 Å². The van der Waals surface area contributed by atoms with Crippen molar-refractivity contribution in [2.24, 2.45) is 5.92 Å². The van der Waals surface area contributed by atoms with E-state index in [1.165, 1.54) is 0 Å². The summed E-state index contributed by atoms with van der Waals surface area (Å²) in [5.74, 6) is -1.33. The average molecular weight is 122 g/mol. The first-order valence-corrected chi connectivity index (χ1v) is 1.85. The second kappa shape index (κ2) is 4.07. The molecule has 0 aromatic heterocycles. The minimum absolute atomic E-state index is 0. The van der Waals surface area contributed by atoms with E-state index in [0.717, 1.165) is 0 Å². The molecule has 0 fully saturated rings. The SMILES string of the molecule is CC(C)C(=O)[O-].[PH4+]. The van der Waals surface area contributed by atoms with Crippen molar-refractivity contribution in [1.29, 1.82) is 0 Å². The van der Waals surface area contributed by atoms with Gasteiger partial charge in [-0.1, -0.05) is 13.8 Å². The molecule has 44 valence electrons. The van der Waals surface area contributed by atoms with Gasteiger partial charge in [-0.15, -0.1) is 0 Å². The molecule has 0 aliphatic carbocycles. The number of carboxylic acid groups (broad SMARTS) is 1. The van der Waals surface area contributed by atoms with E-state index in [0.29, 0.717) is 0 Å². The Balaban J connectivity index is 0. The first-order chi connectivity index (χ1) is 2.64. The molecule has 0 spiro atoms. The second-order valence-corrected chi connectivity index (χ2v) is 1.47. The monoisotopic (exact) mass is 122 g/mol. The highest BCUT2D eigenvalue weighted by molar-refractivity contribution is 6.92. The van der Waals surface area contributed by atoms with Crippen LogP contribution < -0.4 is 5.11 Å².